The van der Waals surface area contributed by atoms with Crippen molar-refractivity contribution in [2.24, 2.45) is 0 Å². The number of imidazole rings is 1. The number of ether oxygens (including phenoxy) is 1. The lowest BCUT2D eigenvalue weighted by Gasteiger charge is -2.20. The number of carboxylic acid groups (broad SMARTS) is 1. The molecule has 0 saturated carbocycles. The zero-order valence-electron chi connectivity index (χ0n) is 19.0. The van der Waals surface area contributed by atoms with Crippen LogP contribution in [0.5, 0.6) is 0 Å². The first-order valence-corrected chi connectivity index (χ1v) is 11.0. The van der Waals surface area contributed by atoms with Gasteiger partial charge in [-0.3, -0.25) is 4.79 Å². The maximum atomic E-state index is 12.4. The molecule has 0 saturated heterocycles. The van der Waals surface area contributed by atoms with Crippen molar-refractivity contribution in [3.63, 3.8) is 0 Å². The van der Waals surface area contributed by atoms with Crippen LogP contribution in [-0.2, 0) is 16.1 Å². The summed E-state index contributed by atoms with van der Waals surface area (Å²) in [5.41, 5.74) is 4.77. The largest absolute Gasteiger partial charge is 0.480 e. The van der Waals surface area contributed by atoms with Crippen LogP contribution in [0.15, 0.2) is 61.1 Å². The Labute approximate surface area is 197 Å². The number of carboxylic acids is 1. The van der Waals surface area contributed by atoms with Gasteiger partial charge < -0.3 is 24.6 Å². The SMILES string of the molecule is CC(C(=O)O)N(C)C(=O)c1cn(CCNC(=O)OCC2c3ccccc3-c3ccccc32)cn1. The number of carbonyl (C=O) groups is 3. The van der Waals surface area contributed by atoms with Gasteiger partial charge in [-0.15, -0.1) is 0 Å². The van der Waals surface area contributed by atoms with E-state index in [4.69, 9.17) is 9.84 Å². The van der Waals surface area contributed by atoms with Crippen molar-refractivity contribution < 1.29 is 24.2 Å². The number of hydrogen-bond donors (Lipinski definition) is 2. The standard InChI is InChI=1S/C25H26N4O5/c1-16(24(31)32)28(2)23(30)22-13-29(15-27-22)12-11-26-25(33)34-14-21-19-9-5-3-7-17(19)18-8-4-6-10-20(18)21/h3-10,13,15-16,21H,11-12,14H2,1-2H3,(H,26,33)(H,31,32). The summed E-state index contributed by atoms with van der Waals surface area (Å²) >= 11 is 0. The predicted octanol–water partition coefficient (Wildman–Crippen LogP) is 2.97. The van der Waals surface area contributed by atoms with Gasteiger partial charge in [0.1, 0.15) is 18.3 Å². The highest BCUT2D eigenvalue weighted by Crippen LogP contribution is 2.44. The second-order valence-electron chi connectivity index (χ2n) is 8.18. The van der Waals surface area contributed by atoms with E-state index in [0.29, 0.717) is 6.54 Å². The molecule has 1 unspecified atom stereocenters. The van der Waals surface area contributed by atoms with Gasteiger partial charge in [-0.2, -0.15) is 0 Å². The van der Waals surface area contributed by atoms with Crippen molar-refractivity contribution in [3.05, 3.63) is 77.9 Å². The summed E-state index contributed by atoms with van der Waals surface area (Å²) in [6.45, 7) is 2.32. The number of fused-ring (bicyclic) bond motifs is 3. The number of aromatic nitrogens is 2. The minimum atomic E-state index is -1.09. The fourth-order valence-electron chi connectivity index (χ4n) is 4.05. The van der Waals surface area contributed by atoms with E-state index in [9.17, 15) is 14.4 Å². The molecule has 1 aromatic heterocycles. The molecule has 176 valence electrons. The van der Waals surface area contributed by atoms with Crippen molar-refractivity contribution in [1.29, 1.82) is 0 Å². The van der Waals surface area contributed by atoms with Crippen molar-refractivity contribution in [2.45, 2.75) is 25.4 Å². The summed E-state index contributed by atoms with van der Waals surface area (Å²) < 4.78 is 7.16. The molecular formula is C25H26N4O5. The molecule has 1 aliphatic carbocycles. The topological polar surface area (TPSA) is 114 Å². The lowest BCUT2D eigenvalue weighted by atomic mass is 9.98. The van der Waals surface area contributed by atoms with Gasteiger partial charge in [-0.05, 0) is 29.2 Å². The molecule has 1 heterocycles. The fourth-order valence-corrected chi connectivity index (χ4v) is 4.05. The number of likely N-dealkylation sites (N-methyl/N-ethyl adjacent to an activating group) is 1. The lowest BCUT2D eigenvalue weighted by Crippen LogP contribution is -2.40. The number of aliphatic carboxylic acids is 1. The number of alkyl carbamates (subject to hydrolysis) is 1. The maximum Gasteiger partial charge on any atom is 0.407 e. The first kappa shape index (κ1) is 23.0. The highest BCUT2D eigenvalue weighted by atomic mass is 16.5. The van der Waals surface area contributed by atoms with Crippen LogP contribution in [0.3, 0.4) is 0 Å². The first-order chi connectivity index (χ1) is 16.4. The van der Waals surface area contributed by atoms with Crippen molar-refractivity contribution in [3.8, 4) is 11.1 Å². The molecule has 2 N–H and O–H groups in total. The van der Waals surface area contributed by atoms with Crippen molar-refractivity contribution in [2.75, 3.05) is 20.2 Å². The van der Waals surface area contributed by atoms with E-state index < -0.39 is 24.0 Å². The summed E-state index contributed by atoms with van der Waals surface area (Å²) in [7, 11) is 1.42. The number of benzene rings is 2. The molecule has 2 amide bonds. The molecule has 0 fully saturated rings. The van der Waals surface area contributed by atoms with Crippen molar-refractivity contribution >= 4 is 18.0 Å². The molecule has 2 aromatic carbocycles. The number of amides is 2. The Morgan fingerprint density at radius 3 is 2.35 bits per heavy atom. The Hall–Kier alpha value is -4.14. The summed E-state index contributed by atoms with van der Waals surface area (Å²) in [6.07, 6.45) is 2.46. The quantitative estimate of drug-likeness (QED) is 0.532. The van der Waals surface area contributed by atoms with E-state index in [2.05, 4.69) is 34.6 Å². The second-order valence-corrected chi connectivity index (χ2v) is 8.18. The predicted molar refractivity (Wildman–Crippen MR) is 124 cm³/mol. The van der Waals surface area contributed by atoms with Crippen LogP contribution >= 0.6 is 0 Å². The Morgan fingerprint density at radius 2 is 1.74 bits per heavy atom. The first-order valence-electron chi connectivity index (χ1n) is 11.0. The smallest absolute Gasteiger partial charge is 0.407 e. The highest BCUT2D eigenvalue weighted by molar-refractivity contribution is 5.94. The molecule has 1 atom stereocenters. The molecule has 3 aromatic rings. The molecule has 9 nitrogen and oxygen atoms in total. The fraction of sp³-hybridized carbons (Fsp3) is 0.280. The Balaban J connectivity index is 1.28. The van der Waals surface area contributed by atoms with Crippen LogP contribution in [0, 0.1) is 0 Å². The Bertz CT molecular complexity index is 1180. The monoisotopic (exact) mass is 462 g/mol. The molecule has 1 aliphatic rings. The van der Waals surface area contributed by atoms with E-state index in [1.165, 1.54) is 37.6 Å². The van der Waals surface area contributed by atoms with E-state index >= 15 is 0 Å². The zero-order valence-corrected chi connectivity index (χ0v) is 19.0. The van der Waals surface area contributed by atoms with Gasteiger partial charge in [0, 0.05) is 32.3 Å². The summed E-state index contributed by atoms with van der Waals surface area (Å²) in [4.78, 5) is 40.9. The average Bonchev–Trinajstić information content (AvgIpc) is 3.44. The van der Waals surface area contributed by atoms with Crippen LogP contribution in [0.1, 0.15) is 34.5 Å². The summed E-state index contributed by atoms with van der Waals surface area (Å²) in [5, 5.41) is 11.8. The molecule has 0 aliphatic heterocycles. The van der Waals surface area contributed by atoms with Gasteiger partial charge >= 0.3 is 12.1 Å². The minimum Gasteiger partial charge on any atom is -0.480 e. The second kappa shape index (κ2) is 9.78. The molecule has 0 radical (unpaired) electrons. The molecule has 34 heavy (non-hydrogen) atoms. The zero-order chi connectivity index (χ0) is 24.2. The molecular weight excluding hydrogens is 436 g/mol. The van der Waals surface area contributed by atoms with Gasteiger partial charge in [0.25, 0.3) is 5.91 Å². The van der Waals surface area contributed by atoms with Crippen LogP contribution in [0.25, 0.3) is 11.1 Å². The van der Waals surface area contributed by atoms with Crippen molar-refractivity contribution in [1.82, 2.24) is 19.8 Å². The van der Waals surface area contributed by atoms with Gasteiger partial charge in [0.2, 0.25) is 0 Å². The minimum absolute atomic E-state index is 0.00875. The van der Waals surface area contributed by atoms with E-state index in [1.807, 2.05) is 24.3 Å². The lowest BCUT2D eigenvalue weighted by molar-refractivity contribution is -0.141. The third kappa shape index (κ3) is 4.63. The third-order valence-corrected chi connectivity index (χ3v) is 6.09. The van der Waals surface area contributed by atoms with Crippen LogP contribution in [0.4, 0.5) is 4.79 Å². The van der Waals surface area contributed by atoms with E-state index in [1.54, 1.807) is 4.57 Å². The number of nitrogens with one attached hydrogen (secondary N) is 1. The van der Waals surface area contributed by atoms with Gasteiger partial charge in [0.05, 0.1) is 6.33 Å². The summed E-state index contributed by atoms with van der Waals surface area (Å²) in [5.74, 6) is -1.59. The average molecular weight is 463 g/mol. The molecule has 0 spiro atoms. The van der Waals surface area contributed by atoms with E-state index in [-0.39, 0.29) is 24.8 Å². The normalized spacial score (nSPS) is 13.0. The molecule has 4 rings (SSSR count). The number of nitrogens with zero attached hydrogens (tertiary/aromatic N) is 3. The van der Waals surface area contributed by atoms with E-state index in [0.717, 1.165) is 16.0 Å². The molecule has 0 bridgehead atoms. The van der Waals surface area contributed by atoms with Gasteiger partial charge in [-0.25, -0.2) is 14.6 Å². The number of hydrogen-bond acceptors (Lipinski definition) is 5. The number of carbonyl (C=O) groups excluding carboxylic acids is 2. The van der Waals surface area contributed by atoms with Gasteiger partial charge in [-0.1, -0.05) is 48.5 Å². The van der Waals surface area contributed by atoms with Crippen LogP contribution in [-0.4, -0.2) is 63.8 Å². The molecule has 9 heteroatoms. The number of rotatable bonds is 8. The summed E-state index contributed by atoms with van der Waals surface area (Å²) in [6, 6.07) is 15.3. The highest BCUT2D eigenvalue weighted by Gasteiger charge is 2.29. The van der Waals surface area contributed by atoms with Crippen LogP contribution < -0.4 is 5.32 Å². The Kier molecular flexibility index (Phi) is 6.62. The van der Waals surface area contributed by atoms with Gasteiger partial charge in [0.15, 0.2) is 0 Å². The Morgan fingerprint density at radius 1 is 1.12 bits per heavy atom. The maximum absolute atomic E-state index is 12.4. The third-order valence-electron chi connectivity index (χ3n) is 6.09. The van der Waals surface area contributed by atoms with Crippen LogP contribution in [0.2, 0.25) is 0 Å².